The summed E-state index contributed by atoms with van der Waals surface area (Å²) in [5.74, 6) is 1.49. The minimum atomic E-state index is 0.717. The van der Waals surface area contributed by atoms with Crippen LogP contribution in [0.3, 0.4) is 0 Å². The smallest absolute Gasteiger partial charge is 0.199 e. The summed E-state index contributed by atoms with van der Waals surface area (Å²) in [5, 5.41) is 0. The molecule has 2 heterocycles. The van der Waals surface area contributed by atoms with E-state index in [1.165, 1.54) is 0 Å². The van der Waals surface area contributed by atoms with Crippen molar-refractivity contribution in [2.75, 3.05) is 0 Å². The SMILES string of the molecule is C=C(C)Cc1nc2ccccc2o1.C=C(C)Cc1nc2ccccc2o1.c1ccccc1. The number of allylic oxidation sites excluding steroid dienone is 2. The average molecular weight is 425 g/mol. The monoisotopic (exact) mass is 424 g/mol. The van der Waals surface area contributed by atoms with Crippen molar-refractivity contribution in [2.45, 2.75) is 26.7 Å². The fourth-order valence-corrected chi connectivity index (χ4v) is 2.89. The summed E-state index contributed by atoms with van der Waals surface area (Å²) in [7, 11) is 0. The van der Waals surface area contributed by atoms with Crippen LogP contribution in [0.15, 0.2) is 118 Å². The van der Waals surface area contributed by atoms with Gasteiger partial charge in [-0.1, -0.05) is 85.0 Å². The van der Waals surface area contributed by atoms with Gasteiger partial charge in [-0.2, -0.15) is 0 Å². The normalized spacial score (nSPS) is 10.1. The van der Waals surface area contributed by atoms with E-state index in [1.54, 1.807) is 0 Å². The number of nitrogens with zero attached hydrogens (tertiary/aromatic N) is 2. The third-order valence-corrected chi connectivity index (χ3v) is 4.25. The topological polar surface area (TPSA) is 52.1 Å². The third-order valence-electron chi connectivity index (χ3n) is 4.25. The molecule has 0 aliphatic heterocycles. The molecule has 0 unspecified atom stereocenters. The summed E-state index contributed by atoms with van der Waals surface area (Å²) in [6.45, 7) is 11.6. The van der Waals surface area contributed by atoms with Gasteiger partial charge in [0.15, 0.2) is 22.9 Å². The largest absolute Gasteiger partial charge is 0.440 e. The van der Waals surface area contributed by atoms with Crippen molar-refractivity contribution < 1.29 is 8.83 Å². The van der Waals surface area contributed by atoms with E-state index in [4.69, 9.17) is 8.83 Å². The maximum Gasteiger partial charge on any atom is 0.199 e. The Morgan fingerprint density at radius 3 is 1.25 bits per heavy atom. The van der Waals surface area contributed by atoms with Crippen LogP contribution in [0.5, 0.6) is 0 Å². The summed E-state index contributed by atoms with van der Waals surface area (Å²) < 4.78 is 11.0. The first-order valence-electron chi connectivity index (χ1n) is 10.5. The van der Waals surface area contributed by atoms with Crippen LogP contribution in [-0.2, 0) is 12.8 Å². The fourth-order valence-electron chi connectivity index (χ4n) is 2.89. The quantitative estimate of drug-likeness (QED) is 0.279. The Balaban J connectivity index is 0.000000145. The molecule has 0 radical (unpaired) electrons. The van der Waals surface area contributed by atoms with E-state index in [0.29, 0.717) is 12.8 Å². The number of aromatic nitrogens is 2. The highest BCUT2D eigenvalue weighted by Crippen LogP contribution is 2.17. The van der Waals surface area contributed by atoms with Crippen LogP contribution in [0.1, 0.15) is 25.6 Å². The molecule has 2 aromatic heterocycles. The van der Waals surface area contributed by atoms with E-state index in [1.807, 2.05) is 98.8 Å². The second kappa shape index (κ2) is 11.5. The number of benzene rings is 3. The van der Waals surface area contributed by atoms with Crippen LogP contribution in [0.2, 0.25) is 0 Å². The molecule has 3 aromatic carbocycles. The molecular formula is C28H28N2O2. The number of rotatable bonds is 4. The Labute approximate surface area is 188 Å². The van der Waals surface area contributed by atoms with Gasteiger partial charge in [0.1, 0.15) is 11.0 Å². The molecule has 4 nitrogen and oxygen atoms in total. The molecule has 4 heteroatoms. The highest BCUT2D eigenvalue weighted by Gasteiger charge is 2.04. The average Bonchev–Trinajstić information content (AvgIpc) is 3.37. The zero-order valence-electron chi connectivity index (χ0n) is 18.6. The van der Waals surface area contributed by atoms with Gasteiger partial charge in [-0.05, 0) is 38.1 Å². The molecule has 0 spiro atoms. The minimum Gasteiger partial charge on any atom is -0.440 e. The molecule has 5 aromatic rings. The zero-order chi connectivity index (χ0) is 22.8. The standard InChI is InChI=1S/2C11H11NO.C6H6/c2*1-8(2)7-11-12-9-5-3-4-6-10(9)13-11;1-2-4-6-5-3-1/h2*3-6H,1,7H2,2H3;1-6H. The van der Waals surface area contributed by atoms with Gasteiger partial charge in [0, 0.05) is 12.8 Å². The van der Waals surface area contributed by atoms with Crippen molar-refractivity contribution in [3.8, 4) is 0 Å². The van der Waals surface area contributed by atoms with Crippen LogP contribution in [0.4, 0.5) is 0 Å². The van der Waals surface area contributed by atoms with Crippen LogP contribution >= 0.6 is 0 Å². The van der Waals surface area contributed by atoms with Crippen molar-refractivity contribution in [1.82, 2.24) is 9.97 Å². The molecule has 32 heavy (non-hydrogen) atoms. The second-order valence-electron chi connectivity index (χ2n) is 7.57. The van der Waals surface area contributed by atoms with Crippen molar-refractivity contribution in [1.29, 1.82) is 0 Å². The molecule has 0 aliphatic rings. The summed E-state index contributed by atoms with van der Waals surface area (Å²) in [5.41, 5.74) is 5.65. The van der Waals surface area contributed by atoms with E-state index in [0.717, 1.165) is 45.1 Å². The molecule has 0 N–H and O–H groups in total. The van der Waals surface area contributed by atoms with Gasteiger partial charge in [0.05, 0.1) is 0 Å². The molecule has 0 aliphatic carbocycles. The van der Waals surface area contributed by atoms with Gasteiger partial charge >= 0.3 is 0 Å². The van der Waals surface area contributed by atoms with Gasteiger partial charge in [-0.15, -0.1) is 0 Å². The number of oxazole rings is 2. The summed E-state index contributed by atoms with van der Waals surface area (Å²) >= 11 is 0. The lowest BCUT2D eigenvalue weighted by Gasteiger charge is -1.90. The number of para-hydroxylation sites is 4. The van der Waals surface area contributed by atoms with Gasteiger partial charge in [-0.25, -0.2) is 9.97 Å². The first-order chi connectivity index (χ1) is 15.5. The first kappa shape index (κ1) is 22.8. The summed E-state index contributed by atoms with van der Waals surface area (Å²) in [4.78, 5) is 8.65. The van der Waals surface area contributed by atoms with E-state index in [2.05, 4.69) is 23.1 Å². The van der Waals surface area contributed by atoms with Gasteiger partial charge in [-0.3, -0.25) is 0 Å². The molecule has 0 saturated carbocycles. The minimum absolute atomic E-state index is 0.717. The van der Waals surface area contributed by atoms with Crippen LogP contribution in [0, 0.1) is 0 Å². The molecule has 0 saturated heterocycles. The lowest BCUT2D eigenvalue weighted by molar-refractivity contribution is 0.542. The number of hydrogen-bond donors (Lipinski definition) is 0. The Morgan fingerprint density at radius 2 is 0.938 bits per heavy atom. The van der Waals surface area contributed by atoms with Gasteiger partial charge in [0.2, 0.25) is 0 Å². The van der Waals surface area contributed by atoms with Crippen molar-refractivity contribution in [2.24, 2.45) is 0 Å². The third kappa shape index (κ3) is 7.10. The van der Waals surface area contributed by atoms with Crippen LogP contribution in [-0.4, -0.2) is 9.97 Å². The molecule has 0 amide bonds. The van der Waals surface area contributed by atoms with Crippen LogP contribution < -0.4 is 0 Å². The van der Waals surface area contributed by atoms with E-state index in [9.17, 15) is 0 Å². The molecule has 0 bridgehead atoms. The first-order valence-corrected chi connectivity index (χ1v) is 10.5. The van der Waals surface area contributed by atoms with Crippen LogP contribution in [0.25, 0.3) is 22.2 Å². The summed E-state index contributed by atoms with van der Waals surface area (Å²) in [6.07, 6.45) is 1.43. The lowest BCUT2D eigenvalue weighted by atomic mass is 10.2. The lowest BCUT2D eigenvalue weighted by Crippen LogP contribution is -1.83. The zero-order valence-corrected chi connectivity index (χ0v) is 18.6. The van der Waals surface area contributed by atoms with Crippen molar-refractivity contribution in [3.05, 3.63) is 121 Å². The maximum absolute atomic E-state index is 5.51. The molecule has 0 atom stereocenters. The Bertz CT molecular complexity index is 1100. The van der Waals surface area contributed by atoms with Gasteiger partial charge < -0.3 is 8.83 Å². The van der Waals surface area contributed by atoms with E-state index >= 15 is 0 Å². The maximum atomic E-state index is 5.51. The van der Waals surface area contributed by atoms with Crippen molar-refractivity contribution >= 4 is 22.2 Å². The number of hydrogen-bond acceptors (Lipinski definition) is 4. The molecule has 5 rings (SSSR count). The van der Waals surface area contributed by atoms with Gasteiger partial charge in [0.25, 0.3) is 0 Å². The molecule has 0 fully saturated rings. The Kier molecular flexibility index (Phi) is 8.15. The predicted octanol–water partition coefficient (Wildman–Crippen LogP) is 7.58. The predicted molar refractivity (Wildman–Crippen MR) is 131 cm³/mol. The highest BCUT2D eigenvalue weighted by atomic mass is 16.4. The Hall–Kier alpha value is -3.92. The summed E-state index contributed by atoms with van der Waals surface area (Å²) in [6, 6.07) is 27.5. The molecular weight excluding hydrogens is 396 g/mol. The second-order valence-corrected chi connectivity index (χ2v) is 7.57. The fraction of sp³-hybridized carbons (Fsp3) is 0.143. The Morgan fingerprint density at radius 1 is 0.594 bits per heavy atom. The highest BCUT2D eigenvalue weighted by molar-refractivity contribution is 5.72. The van der Waals surface area contributed by atoms with Crippen molar-refractivity contribution in [3.63, 3.8) is 0 Å². The van der Waals surface area contributed by atoms with E-state index < -0.39 is 0 Å². The molecule has 162 valence electrons. The number of fused-ring (bicyclic) bond motifs is 2. The van der Waals surface area contributed by atoms with E-state index in [-0.39, 0.29) is 0 Å².